The first-order valence-electron chi connectivity index (χ1n) is 6.12. The minimum atomic E-state index is -0.550. The predicted molar refractivity (Wildman–Crippen MR) is 76.5 cm³/mol. The number of hydrogen-bond donors (Lipinski definition) is 1. The molecular weight excluding hydrogens is 265 g/mol. The topological polar surface area (TPSA) is 43.1 Å². The molecule has 0 aliphatic carbocycles. The Morgan fingerprint density at radius 2 is 2.05 bits per heavy atom. The summed E-state index contributed by atoms with van der Waals surface area (Å²) < 4.78 is 12.4. The van der Waals surface area contributed by atoms with Gasteiger partial charge in [-0.05, 0) is 34.7 Å². The fourth-order valence-electron chi connectivity index (χ4n) is 2.20. The minimum absolute atomic E-state index is 0.0918. The van der Waals surface area contributed by atoms with Gasteiger partial charge in [-0.2, -0.15) is 0 Å². The first-order chi connectivity index (χ1) is 9.04. The maximum Gasteiger partial charge on any atom is 0.250 e. The third kappa shape index (κ3) is 2.71. The molecular formula is C15H15ClFNO. The van der Waals surface area contributed by atoms with Crippen LogP contribution in [-0.2, 0) is 0 Å². The van der Waals surface area contributed by atoms with Crippen LogP contribution in [-0.4, -0.2) is 12.6 Å². The number of carbonyl (C=O) groups is 1. The van der Waals surface area contributed by atoms with Gasteiger partial charge in [0.05, 0.1) is 17.3 Å². The van der Waals surface area contributed by atoms with E-state index in [-0.39, 0.29) is 12.6 Å². The molecule has 2 aromatic rings. The summed E-state index contributed by atoms with van der Waals surface area (Å²) in [6.45, 7) is 1.59. The van der Waals surface area contributed by atoms with Crippen molar-refractivity contribution in [2.75, 3.05) is 6.67 Å². The SMILES string of the molecule is CC(CCF)c1ccc2ccc(Cl)c(C(N)=O)c2c1. The molecule has 1 amide bonds. The lowest BCUT2D eigenvalue weighted by molar-refractivity contribution is 0.100. The fourth-order valence-corrected chi connectivity index (χ4v) is 2.46. The largest absolute Gasteiger partial charge is 0.366 e. The summed E-state index contributed by atoms with van der Waals surface area (Å²) in [6.07, 6.45) is 0.456. The van der Waals surface area contributed by atoms with Gasteiger partial charge in [0, 0.05) is 0 Å². The van der Waals surface area contributed by atoms with Crippen LogP contribution in [0.2, 0.25) is 5.02 Å². The number of primary amides is 1. The van der Waals surface area contributed by atoms with Crippen molar-refractivity contribution >= 4 is 28.3 Å². The zero-order valence-corrected chi connectivity index (χ0v) is 11.4. The molecule has 2 N–H and O–H groups in total. The maximum atomic E-state index is 12.4. The quantitative estimate of drug-likeness (QED) is 0.901. The second-order valence-electron chi connectivity index (χ2n) is 4.65. The molecule has 0 radical (unpaired) electrons. The Labute approximate surface area is 116 Å². The Bertz CT molecular complexity index is 627. The predicted octanol–water partition coefficient (Wildman–Crippen LogP) is 4.06. The zero-order valence-electron chi connectivity index (χ0n) is 10.6. The number of benzene rings is 2. The molecule has 0 spiro atoms. The fraction of sp³-hybridized carbons (Fsp3) is 0.267. The first kappa shape index (κ1) is 13.8. The maximum absolute atomic E-state index is 12.4. The van der Waals surface area contributed by atoms with Crippen LogP contribution in [0.1, 0.15) is 35.2 Å². The van der Waals surface area contributed by atoms with E-state index in [0.717, 1.165) is 16.3 Å². The summed E-state index contributed by atoms with van der Waals surface area (Å²) in [5.41, 5.74) is 6.69. The molecule has 0 heterocycles. The molecule has 0 saturated carbocycles. The Morgan fingerprint density at radius 1 is 1.37 bits per heavy atom. The molecule has 0 aliphatic rings. The van der Waals surface area contributed by atoms with Crippen LogP contribution in [0.3, 0.4) is 0 Å². The van der Waals surface area contributed by atoms with E-state index in [2.05, 4.69) is 0 Å². The summed E-state index contributed by atoms with van der Waals surface area (Å²) in [5.74, 6) is -0.458. The van der Waals surface area contributed by atoms with Crippen LogP contribution in [0.4, 0.5) is 4.39 Å². The lowest BCUT2D eigenvalue weighted by atomic mass is 9.94. The molecule has 2 nitrogen and oxygen atoms in total. The van der Waals surface area contributed by atoms with Crippen molar-refractivity contribution in [2.45, 2.75) is 19.3 Å². The van der Waals surface area contributed by atoms with Crippen LogP contribution in [0.5, 0.6) is 0 Å². The lowest BCUT2D eigenvalue weighted by Gasteiger charge is -2.12. The van der Waals surface area contributed by atoms with E-state index < -0.39 is 5.91 Å². The highest BCUT2D eigenvalue weighted by Crippen LogP contribution is 2.29. The summed E-state index contributed by atoms with van der Waals surface area (Å²) in [4.78, 5) is 11.5. The average molecular weight is 280 g/mol. The third-order valence-corrected chi connectivity index (χ3v) is 3.67. The molecule has 1 atom stereocenters. The number of alkyl halides is 1. The van der Waals surface area contributed by atoms with Crippen molar-refractivity contribution in [1.29, 1.82) is 0 Å². The van der Waals surface area contributed by atoms with Gasteiger partial charge in [-0.3, -0.25) is 9.18 Å². The molecule has 0 aliphatic heterocycles. The van der Waals surface area contributed by atoms with Crippen LogP contribution in [0, 0.1) is 0 Å². The van der Waals surface area contributed by atoms with Crippen molar-refractivity contribution in [1.82, 2.24) is 0 Å². The van der Waals surface area contributed by atoms with Crippen molar-refractivity contribution < 1.29 is 9.18 Å². The lowest BCUT2D eigenvalue weighted by Crippen LogP contribution is -2.12. The zero-order chi connectivity index (χ0) is 14.0. The number of halogens is 2. The van der Waals surface area contributed by atoms with E-state index in [9.17, 15) is 9.18 Å². The Kier molecular flexibility index (Phi) is 4.05. The Morgan fingerprint density at radius 3 is 2.68 bits per heavy atom. The molecule has 4 heteroatoms. The van der Waals surface area contributed by atoms with Gasteiger partial charge in [0.15, 0.2) is 0 Å². The van der Waals surface area contributed by atoms with Gasteiger partial charge in [0.1, 0.15) is 0 Å². The van der Waals surface area contributed by atoms with Gasteiger partial charge in [-0.15, -0.1) is 0 Å². The molecule has 0 bridgehead atoms. The number of fused-ring (bicyclic) bond motifs is 1. The second-order valence-corrected chi connectivity index (χ2v) is 5.05. The minimum Gasteiger partial charge on any atom is -0.366 e. The van der Waals surface area contributed by atoms with Gasteiger partial charge < -0.3 is 5.73 Å². The highest BCUT2D eigenvalue weighted by Gasteiger charge is 2.13. The molecule has 0 fully saturated rings. The molecule has 2 aromatic carbocycles. The highest BCUT2D eigenvalue weighted by atomic mass is 35.5. The molecule has 19 heavy (non-hydrogen) atoms. The number of amides is 1. The highest BCUT2D eigenvalue weighted by molar-refractivity contribution is 6.35. The molecule has 1 unspecified atom stereocenters. The van der Waals surface area contributed by atoms with Crippen LogP contribution in [0.25, 0.3) is 10.8 Å². The molecule has 0 aromatic heterocycles. The van der Waals surface area contributed by atoms with E-state index in [1.54, 1.807) is 6.07 Å². The summed E-state index contributed by atoms with van der Waals surface area (Å²) >= 11 is 6.03. The van der Waals surface area contributed by atoms with E-state index in [4.69, 9.17) is 17.3 Å². The van der Waals surface area contributed by atoms with Crippen molar-refractivity contribution in [2.24, 2.45) is 5.73 Å². The molecule has 100 valence electrons. The summed E-state index contributed by atoms with van der Waals surface area (Å²) in [6, 6.07) is 9.23. The van der Waals surface area contributed by atoms with Crippen molar-refractivity contribution in [3.63, 3.8) is 0 Å². The third-order valence-electron chi connectivity index (χ3n) is 3.35. The smallest absolute Gasteiger partial charge is 0.250 e. The van der Waals surface area contributed by atoms with Gasteiger partial charge >= 0.3 is 0 Å². The number of carbonyl (C=O) groups excluding carboxylic acids is 1. The second kappa shape index (κ2) is 5.57. The molecule has 2 rings (SSSR count). The van der Waals surface area contributed by atoms with E-state index >= 15 is 0 Å². The van der Waals surface area contributed by atoms with Crippen LogP contribution < -0.4 is 5.73 Å². The van der Waals surface area contributed by atoms with Gasteiger partial charge in [-0.25, -0.2) is 0 Å². The standard InChI is InChI=1S/C15H15ClFNO/c1-9(6-7-17)11-3-2-10-4-5-13(16)14(15(18)19)12(10)8-11/h2-5,8-9H,6-7H2,1H3,(H2,18,19). The van der Waals surface area contributed by atoms with Gasteiger partial charge in [-0.1, -0.05) is 42.8 Å². The van der Waals surface area contributed by atoms with Crippen molar-refractivity contribution in [3.05, 3.63) is 46.5 Å². The van der Waals surface area contributed by atoms with E-state index in [1.807, 2.05) is 31.2 Å². The monoisotopic (exact) mass is 279 g/mol. The van der Waals surface area contributed by atoms with E-state index in [0.29, 0.717) is 17.0 Å². The Hall–Kier alpha value is -1.61. The van der Waals surface area contributed by atoms with Gasteiger partial charge in [0.25, 0.3) is 5.91 Å². The number of rotatable bonds is 4. The number of nitrogens with two attached hydrogens (primary N) is 1. The average Bonchev–Trinajstić information content (AvgIpc) is 2.37. The summed E-state index contributed by atoms with van der Waals surface area (Å²) in [7, 11) is 0. The molecule has 0 saturated heterocycles. The summed E-state index contributed by atoms with van der Waals surface area (Å²) in [5, 5.41) is 1.97. The van der Waals surface area contributed by atoms with Crippen LogP contribution >= 0.6 is 11.6 Å². The van der Waals surface area contributed by atoms with Gasteiger partial charge in [0.2, 0.25) is 0 Å². The van der Waals surface area contributed by atoms with Crippen LogP contribution in [0.15, 0.2) is 30.3 Å². The first-order valence-corrected chi connectivity index (χ1v) is 6.50. The normalized spacial score (nSPS) is 12.6. The van der Waals surface area contributed by atoms with E-state index in [1.165, 1.54) is 0 Å². The van der Waals surface area contributed by atoms with Crippen molar-refractivity contribution in [3.8, 4) is 0 Å². The Balaban J connectivity index is 2.63. The number of hydrogen-bond acceptors (Lipinski definition) is 1.